The Morgan fingerprint density at radius 1 is 1.32 bits per heavy atom. The van der Waals surface area contributed by atoms with E-state index in [4.69, 9.17) is 0 Å². The van der Waals surface area contributed by atoms with E-state index in [2.05, 4.69) is 64.5 Å². The van der Waals surface area contributed by atoms with Crippen LogP contribution in [0.4, 0.5) is 0 Å². The third-order valence-electron chi connectivity index (χ3n) is 4.80. The van der Waals surface area contributed by atoms with E-state index >= 15 is 0 Å². The van der Waals surface area contributed by atoms with Gasteiger partial charge in [-0.05, 0) is 37.5 Å². The molecule has 0 aliphatic carbocycles. The summed E-state index contributed by atoms with van der Waals surface area (Å²) in [6.45, 7) is 5.12. The second-order valence-corrected chi connectivity index (χ2v) is 6.48. The van der Waals surface area contributed by atoms with Crippen LogP contribution >= 0.6 is 0 Å². The summed E-state index contributed by atoms with van der Waals surface area (Å²) in [7, 11) is 0. The highest BCUT2D eigenvalue weighted by molar-refractivity contribution is 5.72. The van der Waals surface area contributed by atoms with Gasteiger partial charge in [0.2, 0.25) is 0 Å². The monoisotopic (exact) mass is 295 g/mol. The van der Waals surface area contributed by atoms with Gasteiger partial charge in [-0.1, -0.05) is 30.3 Å². The van der Waals surface area contributed by atoms with Gasteiger partial charge in [0, 0.05) is 24.5 Å². The molecule has 5 nitrogen and oxygen atoms in total. The molecular weight excluding hydrogens is 274 g/mol. The fraction of sp³-hybridized carbons (Fsp3) is 0.529. The Hall–Kier alpha value is -2.06. The molecule has 0 amide bonds. The number of nitrogens with zero attached hydrogens (tertiary/aromatic N) is 5. The highest BCUT2D eigenvalue weighted by Crippen LogP contribution is 2.36. The molecule has 2 aliphatic rings. The molecule has 2 heterocycles. The first-order chi connectivity index (χ1) is 10.6. The van der Waals surface area contributed by atoms with Crippen molar-refractivity contribution < 1.29 is 0 Å². The second-order valence-electron chi connectivity index (χ2n) is 6.48. The Labute approximate surface area is 131 Å². The van der Waals surface area contributed by atoms with Crippen LogP contribution in [0.3, 0.4) is 0 Å². The third-order valence-corrected chi connectivity index (χ3v) is 4.80. The molecule has 0 radical (unpaired) electrons. The molecule has 4 unspecified atom stereocenters. The van der Waals surface area contributed by atoms with Crippen molar-refractivity contribution >= 4 is 6.21 Å². The molecule has 0 aromatic heterocycles. The van der Waals surface area contributed by atoms with Crippen LogP contribution in [-0.2, 0) is 6.54 Å². The third kappa shape index (κ3) is 2.79. The number of hydrogen-bond donors (Lipinski definition) is 0. The number of benzene rings is 1. The molecule has 5 heteroatoms. The number of nitriles is 1. The lowest BCUT2D eigenvalue weighted by Gasteiger charge is -2.46. The zero-order valence-corrected chi connectivity index (χ0v) is 13.1. The molecule has 1 aromatic rings. The molecule has 0 N–H and O–H groups in total. The molecule has 1 aromatic carbocycles. The molecule has 1 saturated heterocycles. The average Bonchev–Trinajstić information content (AvgIpc) is 2.98. The van der Waals surface area contributed by atoms with Crippen molar-refractivity contribution in [3.63, 3.8) is 0 Å². The van der Waals surface area contributed by atoms with Crippen LogP contribution in [0.2, 0.25) is 0 Å². The van der Waals surface area contributed by atoms with Crippen molar-refractivity contribution in [3.05, 3.63) is 35.9 Å². The smallest absolute Gasteiger partial charge is 0.133 e. The fourth-order valence-corrected chi connectivity index (χ4v) is 3.54. The number of piperidine rings is 1. The highest BCUT2D eigenvalue weighted by atomic mass is 15.4. The minimum Gasteiger partial charge on any atom is -0.291 e. The normalized spacial score (nSPS) is 34.7. The Morgan fingerprint density at radius 2 is 2.09 bits per heavy atom. The second kappa shape index (κ2) is 5.98. The Kier molecular flexibility index (Phi) is 4.04. The number of rotatable bonds is 3. The van der Waals surface area contributed by atoms with Crippen LogP contribution in [0.15, 0.2) is 45.8 Å². The molecule has 1 fully saturated rings. The van der Waals surface area contributed by atoms with Gasteiger partial charge in [-0.3, -0.25) is 4.90 Å². The molecule has 0 spiro atoms. The Balaban J connectivity index is 1.88. The van der Waals surface area contributed by atoms with Crippen molar-refractivity contribution in [1.29, 1.82) is 5.26 Å². The Morgan fingerprint density at radius 3 is 2.73 bits per heavy atom. The molecule has 2 aliphatic heterocycles. The van der Waals surface area contributed by atoms with Gasteiger partial charge in [0.05, 0.1) is 12.3 Å². The van der Waals surface area contributed by atoms with E-state index in [1.165, 1.54) is 5.56 Å². The first kappa shape index (κ1) is 14.9. The lowest BCUT2D eigenvalue weighted by Crippen LogP contribution is -2.57. The summed E-state index contributed by atoms with van der Waals surface area (Å²) >= 11 is 0. The maximum Gasteiger partial charge on any atom is 0.133 e. The van der Waals surface area contributed by atoms with Gasteiger partial charge in [0.1, 0.15) is 5.54 Å². The van der Waals surface area contributed by atoms with Crippen LogP contribution in [0.25, 0.3) is 0 Å². The minimum atomic E-state index is -0.432. The van der Waals surface area contributed by atoms with Gasteiger partial charge in [0.15, 0.2) is 0 Å². The van der Waals surface area contributed by atoms with Crippen molar-refractivity contribution in [2.24, 2.45) is 21.4 Å². The maximum atomic E-state index is 9.37. The van der Waals surface area contributed by atoms with Gasteiger partial charge < -0.3 is 0 Å². The molecule has 4 atom stereocenters. The summed E-state index contributed by atoms with van der Waals surface area (Å²) in [6, 6.07) is 13.4. The quantitative estimate of drug-likeness (QED) is 0.858. The van der Waals surface area contributed by atoms with Gasteiger partial charge in [-0.25, -0.2) is 0 Å². The fourth-order valence-electron chi connectivity index (χ4n) is 3.54. The van der Waals surface area contributed by atoms with Crippen molar-refractivity contribution in [1.82, 2.24) is 4.90 Å². The van der Waals surface area contributed by atoms with Crippen molar-refractivity contribution in [2.45, 2.75) is 50.9 Å². The molecule has 114 valence electrons. The molecular formula is C17H21N5. The lowest BCUT2D eigenvalue weighted by atomic mass is 9.79. The van der Waals surface area contributed by atoms with Gasteiger partial charge in [0.25, 0.3) is 0 Å². The van der Waals surface area contributed by atoms with Gasteiger partial charge in [-0.15, -0.1) is 5.10 Å². The topological polar surface area (TPSA) is 64.1 Å². The molecule has 22 heavy (non-hydrogen) atoms. The Bertz CT molecular complexity index is 604. The van der Waals surface area contributed by atoms with E-state index in [0.717, 1.165) is 19.4 Å². The molecule has 0 bridgehead atoms. The summed E-state index contributed by atoms with van der Waals surface area (Å²) in [5.41, 5.74) is 0.851. The van der Waals surface area contributed by atoms with E-state index in [1.807, 2.05) is 12.3 Å². The summed E-state index contributed by atoms with van der Waals surface area (Å²) in [5.74, 6) is 0.0769. The van der Waals surface area contributed by atoms with E-state index in [0.29, 0.717) is 6.04 Å². The van der Waals surface area contributed by atoms with Gasteiger partial charge in [-0.2, -0.15) is 10.4 Å². The summed E-state index contributed by atoms with van der Waals surface area (Å²) < 4.78 is 0. The van der Waals surface area contributed by atoms with Crippen molar-refractivity contribution in [3.8, 4) is 6.07 Å². The predicted molar refractivity (Wildman–Crippen MR) is 85.3 cm³/mol. The van der Waals surface area contributed by atoms with Crippen molar-refractivity contribution in [2.75, 3.05) is 0 Å². The standard InChI is InChI=1S/C17H21N5/c1-13-8-15(10-18)9-16(17(2)12-19-21-20-17)22(13)11-14-6-4-3-5-7-14/h3-7,12-13,15-16H,8-9,11H2,1-2H3. The zero-order valence-electron chi connectivity index (χ0n) is 13.1. The molecule has 0 saturated carbocycles. The van der Waals surface area contributed by atoms with Crippen LogP contribution < -0.4 is 0 Å². The van der Waals surface area contributed by atoms with Gasteiger partial charge >= 0.3 is 0 Å². The van der Waals surface area contributed by atoms with Crippen LogP contribution in [-0.4, -0.2) is 28.7 Å². The lowest BCUT2D eigenvalue weighted by molar-refractivity contribution is 0.0438. The van der Waals surface area contributed by atoms with E-state index < -0.39 is 5.54 Å². The van der Waals surface area contributed by atoms with E-state index in [9.17, 15) is 5.26 Å². The SMILES string of the molecule is CC1CC(C#N)CC(C2(C)C=NN=N2)N1Cc1ccccc1. The van der Waals surface area contributed by atoms with E-state index in [-0.39, 0.29) is 12.0 Å². The van der Waals surface area contributed by atoms with E-state index in [1.54, 1.807) is 0 Å². The summed E-state index contributed by atoms with van der Waals surface area (Å²) in [5, 5.41) is 21.5. The predicted octanol–water partition coefficient (Wildman–Crippen LogP) is 3.39. The summed E-state index contributed by atoms with van der Waals surface area (Å²) in [4.78, 5) is 2.46. The average molecular weight is 295 g/mol. The van der Waals surface area contributed by atoms with Crippen LogP contribution in [0.1, 0.15) is 32.3 Å². The number of likely N-dealkylation sites (tertiary alicyclic amines) is 1. The zero-order chi connectivity index (χ0) is 15.6. The first-order valence-corrected chi connectivity index (χ1v) is 7.78. The van der Waals surface area contributed by atoms with Crippen LogP contribution in [0.5, 0.6) is 0 Å². The minimum absolute atomic E-state index is 0.0769. The van der Waals surface area contributed by atoms with Crippen LogP contribution in [0, 0.1) is 17.2 Å². The summed E-state index contributed by atoms with van der Waals surface area (Å²) in [6.07, 6.45) is 3.54. The maximum absolute atomic E-state index is 9.37. The number of hydrogen-bond acceptors (Lipinski definition) is 5. The first-order valence-electron chi connectivity index (χ1n) is 7.78. The largest absolute Gasteiger partial charge is 0.291 e. The highest BCUT2D eigenvalue weighted by Gasteiger charge is 2.45. The molecule has 3 rings (SSSR count).